The number of hydrogen-bond acceptors (Lipinski definition) is 2. The number of nitrogens with one attached hydrogen (secondary N) is 1. The second-order valence-corrected chi connectivity index (χ2v) is 4.98. The second-order valence-electron chi connectivity index (χ2n) is 4.98. The summed E-state index contributed by atoms with van der Waals surface area (Å²) in [4.78, 5) is 10.7. The number of aryl methyl sites for hydroxylation is 1. The Morgan fingerprint density at radius 3 is 2.56 bits per heavy atom. The zero-order valence-corrected chi connectivity index (χ0v) is 11.7. The summed E-state index contributed by atoms with van der Waals surface area (Å²) in [6.45, 7) is 9.49. The summed E-state index contributed by atoms with van der Waals surface area (Å²) in [5.41, 5.74) is 5.37. The lowest BCUT2D eigenvalue weighted by Crippen LogP contribution is -2.28. The van der Waals surface area contributed by atoms with Crippen LogP contribution in [0.15, 0.2) is 12.1 Å². The summed E-state index contributed by atoms with van der Waals surface area (Å²) in [5, 5.41) is 12.0. The summed E-state index contributed by atoms with van der Waals surface area (Å²) in [6, 6.07) is 4.32. The third-order valence-electron chi connectivity index (χ3n) is 3.61. The first kappa shape index (κ1) is 14.7. The van der Waals surface area contributed by atoms with E-state index in [9.17, 15) is 4.79 Å². The fraction of sp³-hybridized carbons (Fsp3) is 0.533. The predicted octanol–water partition coefficient (Wildman–Crippen LogP) is 2.46. The molecule has 18 heavy (non-hydrogen) atoms. The number of carbonyl (C=O) groups is 1. The van der Waals surface area contributed by atoms with Crippen molar-refractivity contribution in [2.24, 2.45) is 5.92 Å². The Labute approximate surface area is 109 Å². The van der Waals surface area contributed by atoms with E-state index in [0.717, 1.165) is 13.0 Å². The standard InChI is InChI=1S/C15H23NO2/c1-10-5-6-14(13(4)12(10)3)7-8-16-9-11(2)15(17)18/h5-6,11,16H,7-9H2,1-4H3,(H,17,18). The molecule has 0 spiro atoms. The fourth-order valence-electron chi connectivity index (χ4n) is 1.91. The van der Waals surface area contributed by atoms with E-state index in [1.165, 1.54) is 22.3 Å². The van der Waals surface area contributed by atoms with E-state index in [-0.39, 0.29) is 5.92 Å². The van der Waals surface area contributed by atoms with Crippen LogP contribution in [0.5, 0.6) is 0 Å². The number of carboxylic acid groups (broad SMARTS) is 1. The van der Waals surface area contributed by atoms with Crippen molar-refractivity contribution in [3.63, 3.8) is 0 Å². The van der Waals surface area contributed by atoms with E-state index in [2.05, 4.69) is 38.2 Å². The Morgan fingerprint density at radius 1 is 1.28 bits per heavy atom. The Morgan fingerprint density at radius 2 is 1.94 bits per heavy atom. The molecule has 0 radical (unpaired) electrons. The summed E-state index contributed by atoms with van der Waals surface area (Å²) in [7, 11) is 0. The summed E-state index contributed by atoms with van der Waals surface area (Å²) in [6.07, 6.45) is 0.944. The quantitative estimate of drug-likeness (QED) is 0.761. The lowest BCUT2D eigenvalue weighted by Gasteiger charge is -2.12. The van der Waals surface area contributed by atoms with Crippen molar-refractivity contribution in [2.45, 2.75) is 34.1 Å². The van der Waals surface area contributed by atoms with Gasteiger partial charge in [0.2, 0.25) is 0 Å². The fourth-order valence-corrected chi connectivity index (χ4v) is 1.91. The van der Waals surface area contributed by atoms with Crippen molar-refractivity contribution in [1.82, 2.24) is 5.32 Å². The van der Waals surface area contributed by atoms with Crippen LogP contribution in [0, 0.1) is 26.7 Å². The molecular formula is C15H23NO2. The van der Waals surface area contributed by atoms with Crippen LogP contribution in [-0.4, -0.2) is 24.2 Å². The van der Waals surface area contributed by atoms with Crippen molar-refractivity contribution in [1.29, 1.82) is 0 Å². The zero-order valence-electron chi connectivity index (χ0n) is 11.7. The molecule has 0 saturated carbocycles. The third kappa shape index (κ3) is 3.84. The first-order valence-corrected chi connectivity index (χ1v) is 6.42. The zero-order chi connectivity index (χ0) is 13.7. The Bertz CT molecular complexity index is 427. The van der Waals surface area contributed by atoms with Gasteiger partial charge in [-0.2, -0.15) is 0 Å². The highest BCUT2D eigenvalue weighted by Gasteiger charge is 2.09. The molecule has 0 aliphatic carbocycles. The molecule has 100 valence electrons. The largest absolute Gasteiger partial charge is 0.481 e. The predicted molar refractivity (Wildman–Crippen MR) is 74.0 cm³/mol. The molecule has 0 amide bonds. The smallest absolute Gasteiger partial charge is 0.307 e. The highest BCUT2D eigenvalue weighted by molar-refractivity contribution is 5.69. The Hall–Kier alpha value is -1.35. The van der Waals surface area contributed by atoms with E-state index >= 15 is 0 Å². The van der Waals surface area contributed by atoms with E-state index < -0.39 is 5.97 Å². The van der Waals surface area contributed by atoms with Crippen LogP contribution in [0.1, 0.15) is 29.2 Å². The lowest BCUT2D eigenvalue weighted by atomic mass is 9.97. The van der Waals surface area contributed by atoms with Gasteiger partial charge in [0.15, 0.2) is 0 Å². The van der Waals surface area contributed by atoms with Gasteiger partial charge in [-0.15, -0.1) is 0 Å². The lowest BCUT2D eigenvalue weighted by molar-refractivity contribution is -0.140. The summed E-state index contributed by atoms with van der Waals surface area (Å²) in [5.74, 6) is -1.07. The molecule has 3 nitrogen and oxygen atoms in total. The van der Waals surface area contributed by atoms with Crippen LogP contribution in [0.2, 0.25) is 0 Å². The first-order chi connectivity index (χ1) is 8.43. The van der Waals surface area contributed by atoms with Gasteiger partial charge in [-0.05, 0) is 56.0 Å². The minimum absolute atomic E-state index is 0.328. The summed E-state index contributed by atoms with van der Waals surface area (Å²) >= 11 is 0. The van der Waals surface area contributed by atoms with E-state index in [0.29, 0.717) is 6.54 Å². The van der Waals surface area contributed by atoms with Crippen molar-refractivity contribution < 1.29 is 9.90 Å². The summed E-state index contributed by atoms with van der Waals surface area (Å²) < 4.78 is 0. The van der Waals surface area contributed by atoms with Crippen LogP contribution in [-0.2, 0) is 11.2 Å². The van der Waals surface area contributed by atoms with Gasteiger partial charge < -0.3 is 10.4 Å². The molecule has 0 aliphatic rings. The molecule has 3 heteroatoms. The van der Waals surface area contributed by atoms with Crippen LogP contribution in [0.3, 0.4) is 0 Å². The van der Waals surface area contributed by atoms with Crippen molar-refractivity contribution in [2.75, 3.05) is 13.1 Å². The van der Waals surface area contributed by atoms with Gasteiger partial charge in [-0.3, -0.25) is 4.79 Å². The maximum Gasteiger partial charge on any atom is 0.307 e. The molecule has 1 unspecified atom stereocenters. The Kier molecular flexibility index (Phi) is 5.35. The van der Waals surface area contributed by atoms with E-state index in [4.69, 9.17) is 5.11 Å². The highest BCUT2D eigenvalue weighted by atomic mass is 16.4. The Balaban J connectivity index is 2.45. The molecule has 0 aromatic heterocycles. The number of benzene rings is 1. The second kappa shape index (κ2) is 6.55. The van der Waals surface area contributed by atoms with Crippen LogP contribution in [0.4, 0.5) is 0 Å². The number of hydrogen-bond donors (Lipinski definition) is 2. The average molecular weight is 249 g/mol. The first-order valence-electron chi connectivity index (χ1n) is 6.42. The molecule has 1 atom stereocenters. The minimum Gasteiger partial charge on any atom is -0.481 e. The molecule has 0 bridgehead atoms. The van der Waals surface area contributed by atoms with Gasteiger partial charge in [0.25, 0.3) is 0 Å². The van der Waals surface area contributed by atoms with Gasteiger partial charge in [-0.25, -0.2) is 0 Å². The maximum atomic E-state index is 10.7. The minimum atomic E-state index is -0.745. The molecule has 1 rings (SSSR count). The molecule has 2 N–H and O–H groups in total. The molecule has 0 saturated heterocycles. The molecular weight excluding hydrogens is 226 g/mol. The average Bonchev–Trinajstić information content (AvgIpc) is 2.33. The molecule has 0 aliphatic heterocycles. The van der Waals surface area contributed by atoms with E-state index in [1.54, 1.807) is 6.92 Å². The van der Waals surface area contributed by atoms with Gasteiger partial charge in [0, 0.05) is 6.54 Å². The van der Waals surface area contributed by atoms with Gasteiger partial charge in [0.1, 0.15) is 0 Å². The van der Waals surface area contributed by atoms with Crippen molar-refractivity contribution >= 4 is 5.97 Å². The topological polar surface area (TPSA) is 49.3 Å². The van der Waals surface area contributed by atoms with Crippen LogP contribution in [0.25, 0.3) is 0 Å². The maximum absolute atomic E-state index is 10.7. The highest BCUT2D eigenvalue weighted by Crippen LogP contribution is 2.17. The molecule has 1 aromatic carbocycles. The number of aliphatic carboxylic acids is 1. The SMILES string of the molecule is Cc1ccc(CCNCC(C)C(=O)O)c(C)c1C. The van der Waals surface area contributed by atoms with Crippen molar-refractivity contribution in [3.8, 4) is 0 Å². The van der Waals surface area contributed by atoms with Gasteiger partial charge in [0.05, 0.1) is 5.92 Å². The van der Waals surface area contributed by atoms with Gasteiger partial charge >= 0.3 is 5.97 Å². The van der Waals surface area contributed by atoms with Crippen LogP contribution >= 0.6 is 0 Å². The molecule has 0 heterocycles. The van der Waals surface area contributed by atoms with Crippen LogP contribution < -0.4 is 5.32 Å². The molecule has 0 fully saturated rings. The monoisotopic (exact) mass is 249 g/mol. The van der Waals surface area contributed by atoms with E-state index in [1.807, 2.05) is 0 Å². The normalized spacial score (nSPS) is 12.4. The third-order valence-corrected chi connectivity index (χ3v) is 3.61. The molecule has 1 aromatic rings. The van der Waals surface area contributed by atoms with Gasteiger partial charge in [-0.1, -0.05) is 19.1 Å². The number of rotatable bonds is 6. The number of carboxylic acids is 1. The van der Waals surface area contributed by atoms with Crippen molar-refractivity contribution in [3.05, 3.63) is 34.4 Å².